The quantitative estimate of drug-likeness (QED) is 0.645. The third kappa shape index (κ3) is 3.02. The van der Waals surface area contributed by atoms with Crippen LogP contribution >= 0.6 is 0 Å². The van der Waals surface area contributed by atoms with Crippen LogP contribution in [-0.4, -0.2) is 35.3 Å². The summed E-state index contributed by atoms with van der Waals surface area (Å²) in [5.74, 6) is -0.793. The monoisotopic (exact) mass is 288 g/mol. The lowest BCUT2D eigenvalue weighted by Gasteiger charge is -2.09. The van der Waals surface area contributed by atoms with Crippen molar-refractivity contribution in [2.45, 2.75) is 6.92 Å². The van der Waals surface area contributed by atoms with Crippen molar-refractivity contribution in [2.75, 3.05) is 19.4 Å². The first-order valence-corrected chi connectivity index (χ1v) is 6.41. The van der Waals surface area contributed by atoms with Crippen molar-refractivity contribution in [2.24, 2.45) is 0 Å². The summed E-state index contributed by atoms with van der Waals surface area (Å²) in [6.07, 6.45) is 1.60. The smallest absolute Gasteiger partial charge is 0.340 e. The first-order chi connectivity index (χ1) is 10.1. The highest BCUT2D eigenvalue weighted by Gasteiger charge is 2.16. The normalized spacial score (nSPS) is 10.2. The van der Waals surface area contributed by atoms with Crippen LogP contribution < -0.4 is 11.1 Å². The maximum absolute atomic E-state index is 12.0. The number of rotatable bonds is 4. The molecule has 21 heavy (non-hydrogen) atoms. The van der Waals surface area contributed by atoms with E-state index in [9.17, 15) is 9.59 Å². The standard InChI is InChI=1S/C14H16N4O3/c1-3-21-14(20)10-8-9(15)4-5-12(10)18-7-6-11(17-18)13(19)16-2/h4-8H,3,15H2,1-2H3,(H,16,19). The molecular weight excluding hydrogens is 272 g/mol. The maximum atomic E-state index is 12.0. The molecule has 7 heteroatoms. The van der Waals surface area contributed by atoms with Crippen LogP contribution in [0.1, 0.15) is 27.8 Å². The number of nitrogens with two attached hydrogens (primary N) is 1. The second-order valence-electron chi connectivity index (χ2n) is 4.22. The lowest BCUT2D eigenvalue weighted by molar-refractivity contribution is 0.0526. The largest absolute Gasteiger partial charge is 0.462 e. The van der Waals surface area contributed by atoms with Crippen LogP contribution in [0, 0.1) is 0 Å². The van der Waals surface area contributed by atoms with Crippen molar-refractivity contribution in [3.8, 4) is 5.69 Å². The van der Waals surface area contributed by atoms with Gasteiger partial charge in [0.15, 0.2) is 5.69 Å². The van der Waals surface area contributed by atoms with E-state index in [0.29, 0.717) is 16.9 Å². The number of hydrogen-bond acceptors (Lipinski definition) is 5. The lowest BCUT2D eigenvalue weighted by atomic mass is 10.1. The van der Waals surface area contributed by atoms with Crippen molar-refractivity contribution < 1.29 is 14.3 Å². The van der Waals surface area contributed by atoms with Gasteiger partial charge < -0.3 is 15.8 Å². The SMILES string of the molecule is CCOC(=O)c1cc(N)ccc1-n1ccc(C(=O)NC)n1. The first-order valence-electron chi connectivity index (χ1n) is 6.41. The van der Waals surface area contributed by atoms with Crippen LogP contribution in [0.2, 0.25) is 0 Å². The molecule has 7 nitrogen and oxygen atoms in total. The second kappa shape index (κ2) is 6.08. The van der Waals surface area contributed by atoms with Gasteiger partial charge in [0.05, 0.1) is 17.9 Å². The predicted molar refractivity (Wildman–Crippen MR) is 77.3 cm³/mol. The summed E-state index contributed by atoms with van der Waals surface area (Å²) in [7, 11) is 1.52. The van der Waals surface area contributed by atoms with Crippen molar-refractivity contribution in [3.05, 3.63) is 41.7 Å². The number of nitrogens with zero attached hydrogens (tertiary/aromatic N) is 2. The van der Waals surface area contributed by atoms with Gasteiger partial charge in [-0.05, 0) is 31.2 Å². The minimum absolute atomic E-state index is 0.254. The Hall–Kier alpha value is -2.83. The Kier molecular flexibility index (Phi) is 4.22. The third-order valence-corrected chi connectivity index (χ3v) is 2.81. The molecule has 0 aliphatic carbocycles. The number of nitrogen functional groups attached to an aromatic ring is 1. The van der Waals surface area contributed by atoms with Gasteiger partial charge in [-0.3, -0.25) is 4.79 Å². The Morgan fingerprint density at radius 3 is 2.81 bits per heavy atom. The van der Waals surface area contributed by atoms with Gasteiger partial charge in [0, 0.05) is 18.9 Å². The lowest BCUT2D eigenvalue weighted by Crippen LogP contribution is -2.19. The molecule has 0 aliphatic heterocycles. The number of carbonyl (C=O) groups is 2. The fourth-order valence-corrected chi connectivity index (χ4v) is 1.83. The summed E-state index contributed by atoms with van der Waals surface area (Å²) in [5.41, 5.74) is 7.20. The van der Waals surface area contributed by atoms with Crippen LogP contribution in [0.25, 0.3) is 5.69 Å². The van der Waals surface area contributed by atoms with Crippen LogP contribution in [0.5, 0.6) is 0 Å². The molecule has 110 valence electrons. The zero-order valence-corrected chi connectivity index (χ0v) is 11.8. The van der Waals surface area contributed by atoms with E-state index in [4.69, 9.17) is 10.5 Å². The molecule has 0 unspecified atom stereocenters. The predicted octanol–water partition coefficient (Wildman–Crippen LogP) is 0.991. The molecule has 0 saturated carbocycles. The van der Waals surface area contributed by atoms with E-state index >= 15 is 0 Å². The summed E-state index contributed by atoms with van der Waals surface area (Å²) in [5, 5.41) is 6.63. The highest BCUT2D eigenvalue weighted by atomic mass is 16.5. The molecule has 0 aliphatic rings. The van der Waals surface area contributed by atoms with Gasteiger partial charge in [-0.25, -0.2) is 9.48 Å². The van der Waals surface area contributed by atoms with Crippen molar-refractivity contribution in [1.29, 1.82) is 0 Å². The average molecular weight is 288 g/mol. The molecular formula is C14H16N4O3. The Morgan fingerprint density at radius 2 is 2.14 bits per heavy atom. The number of esters is 1. The number of carbonyl (C=O) groups excluding carboxylic acids is 2. The van der Waals surface area contributed by atoms with Crippen LogP contribution in [0.15, 0.2) is 30.5 Å². The minimum Gasteiger partial charge on any atom is -0.462 e. The molecule has 0 spiro atoms. The fourth-order valence-electron chi connectivity index (χ4n) is 1.83. The number of hydrogen-bond donors (Lipinski definition) is 2. The molecule has 2 aromatic rings. The van der Waals surface area contributed by atoms with Crippen molar-refractivity contribution in [1.82, 2.24) is 15.1 Å². The summed E-state index contributed by atoms with van der Waals surface area (Å²) >= 11 is 0. The number of aromatic nitrogens is 2. The molecule has 1 aromatic heterocycles. The van der Waals surface area contributed by atoms with E-state index in [1.54, 1.807) is 31.3 Å². The van der Waals surface area contributed by atoms with E-state index in [1.807, 2.05) is 0 Å². The minimum atomic E-state index is -0.489. The molecule has 2 rings (SSSR count). The zero-order valence-electron chi connectivity index (χ0n) is 11.8. The Labute approximate surface area is 121 Å². The van der Waals surface area contributed by atoms with Crippen LogP contribution in [0.3, 0.4) is 0 Å². The van der Waals surface area contributed by atoms with Crippen LogP contribution in [0.4, 0.5) is 5.69 Å². The van der Waals surface area contributed by atoms with Crippen LogP contribution in [-0.2, 0) is 4.74 Å². The number of nitrogens with one attached hydrogen (secondary N) is 1. The molecule has 0 atom stereocenters. The molecule has 1 amide bonds. The second-order valence-corrected chi connectivity index (χ2v) is 4.22. The van der Waals surface area contributed by atoms with Gasteiger partial charge in [-0.15, -0.1) is 0 Å². The Morgan fingerprint density at radius 1 is 1.38 bits per heavy atom. The maximum Gasteiger partial charge on any atom is 0.340 e. The average Bonchev–Trinajstić information content (AvgIpc) is 2.96. The van der Waals surface area contributed by atoms with E-state index in [1.165, 1.54) is 17.8 Å². The zero-order chi connectivity index (χ0) is 15.4. The number of anilines is 1. The molecule has 0 bridgehead atoms. The topological polar surface area (TPSA) is 99.2 Å². The molecule has 1 aromatic carbocycles. The van der Waals surface area contributed by atoms with Gasteiger partial charge in [-0.1, -0.05) is 0 Å². The van der Waals surface area contributed by atoms with Gasteiger partial charge in [0.25, 0.3) is 5.91 Å². The molecule has 0 fully saturated rings. The van der Waals surface area contributed by atoms with E-state index < -0.39 is 5.97 Å². The van der Waals surface area contributed by atoms with E-state index in [0.717, 1.165) is 0 Å². The summed E-state index contributed by atoms with van der Waals surface area (Å²) in [4.78, 5) is 23.5. The highest BCUT2D eigenvalue weighted by molar-refractivity contribution is 5.95. The Balaban J connectivity index is 2.46. The summed E-state index contributed by atoms with van der Waals surface area (Å²) < 4.78 is 6.45. The number of amides is 1. The summed E-state index contributed by atoms with van der Waals surface area (Å²) in [6.45, 7) is 1.98. The van der Waals surface area contributed by atoms with E-state index in [2.05, 4.69) is 10.4 Å². The van der Waals surface area contributed by atoms with Crippen molar-refractivity contribution >= 4 is 17.6 Å². The van der Waals surface area contributed by atoms with Crippen molar-refractivity contribution in [3.63, 3.8) is 0 Å². The summed E-state index contributed by atoms with van der Waals surface area (Å²) in [6, 6.07) is 6.39. The molecule has 3 N–H and O–H groups in total. The van der Waals surface area contributed by atoms with Gasteiger partial charge in [-0.2, -0.15) is 5.10 Å². The number of benzene rings is 1. The molecule has 0 saturated heterocycles. The molecule has 0 radical (unpaired) electrons. The first kappa shape index (κ1) is 14.6. The fraction of sp³-hybridized carbons (Fsp3) is 0.214. The van der Waals surface area contributed by atoms with Gasteiger partial charge >= 0.3 is 5.97 Å². The Bertz CT molecular complexity index is 679. The van der Waals surface area contributed by atoms with Gasteiger partial charge in [0.1, 0.15) is 0 Å². The number of ether oxygens (including phenoxy) is 1. The third-order valence-electron chi connectivity index (χ3n) is 2.81. The van der Waals surface area contributed by atoms with E-state index in [-0.39, 0.29) is 18.2 Å². The van der Waals surface area contributed by atoms with Gasteiger partial charge in [0.2, 0.25) is 0 Å². The highest BCUT2D eigenvalue weighted by Crippen LogP contribution is 2.19. The molecule has 1 heterocycles.